The van der Waals surface area contributed by atoms with E-state index < -0.39 is 0 Å². The van der Waals surface area contributed by atoms with E-state index in [2.05, 4.69) is 31.4 Å². The number of methoxy groups -OCH3 is 1. The van der Waals surface area contributed by atoms with Crippen molar-refractivity contribution in [1.82, 2.24) is 10.2 Å². The van der Waals surface area contributed by atoms with Gasteiger partial charge in [0, 0.05) is 16.7 Å². The van der Waals surface area contributed by atoms with Crippen molar-refractivity contribution in [2.24, 2.45) is 0 Å². The van der Waals surface area contributed by atoms with Gasteiger partial charge in [-0.2, -0.15) is 5.10 Å². The summed E-state index contributed by atoms with van der Waals surface area (Å²) >= 11 is 3.36. The van der Waals surface area contributed by atoms with Gasteiger partial charge in [-0.1, -0.05) is 0 Å². The van der Waals surface area contributed by atoms with Crippen LogP contribution < -0.4 is 10.1 Å². The summed E-state index contributed by atoms with van der Waals surface area (Å²) in [6.45, 7) is 0. The molecule has 2 N–H and O–H groups in total. The van der Waals surface area contributed by atoms with E-state index in [1.54, 1.807) is 19.2 Å². The van der Waals surface area contributed by atoms with Crippen LogP contribution in [-0.2, 0) is 0 Å². The normalized spacial score (nSPS) is 10.0. The molecule has 0 atom stereocenters. The molecule has 0 fully saturated rings. The van der Waals surface area contributed by atoms with Gasteiger partial charge in [-0.05, 0) is 28.1 Å². The van der Waals surface area contributed by atoms with Crippen LogP contribution in [0.15, 0.2) is 35.1 Å². The molecule has 0 unspecified atom stereocenters. The minimum absolute atomic E-state index is 0.229. The highest BCUT2D eigenvalue weighted by molar-refractivity contribution is 9.10. The Morgan fingerprint density at radius 3 is 3.00 bits per heavy atom. The number of benzene rings is 1. The van der Waals surface area contributed by atoms with E-state index in [0.29, 0.717) is 17.0 Å². The molecule has 88 valence electrons. The molecule has 0 saturated carbocycles. The van der Waals surface area contributed by atoms with Crippen molar-refractivity contribution in [3.8, 4) is 5.75 Å². The molecule has 2 rings (SSSR count). The fourth-order valence-electron chi connectivity index (χ4n) is 1.30. The first-order chi connectivity index (χ1) is 8.20. The fourth-order valence-corrected chi connectivity index (χ4v) is 1.64. The van der Waals surface area contributed by atoms with Crippen LogP contribution in [0.5, 0.6) is 5.75 Å². The first kappa shape index (κ1) is 11.7. The van der Waals surface area contributed by atoms with Crippen molar-refractivity contribution in [3.63, 3.8) is 0 Å². The fraction of sp³-hybridized carbons (Fsp3) is 0.0909. The Labute approximate surface area is 106 Å². The van der Waals surface area contributed by atoms with Crippen molar-refractivity contribution < 1.29 is 9.53 Å². The summed E-state index contributed by atoms with van der Waals surface area (Å²) in [7, 11) is 1.57. The molecule has 5 nitrogen and oxygen atoms in total. The molecule has 0 aliphatic heterocycles. The highest BCUT2D eigenvalue weighted by atomic mass is 79.9. The Hall–Kier alpha value is -1.82. The van der Waals surface area contributed by atoms with Gasteiger partial charge in [-0.25, -0.2) is 0 Å². The van der Waals surface area contributed by atoms with Gasteiger partial charge in [0.05, 0.1) is 24.6 Å². The number of H-pyrrole nitrogens is 1. The predicted molar refractivity (Wildman–Crippen MR) is 67.2 cm³/mol. The zero-order valence-corrected chi connectivity index (χ0v) is 10.6. The van der Waals surface area contributed by atoms with Crippen LogP contribution in [0.2, 0.25) is 0 Å². The molecule has 6 heteroatoms. The SMILES string of the molecule is COc1ccc(Br)c(NC(=O)c2cn[nH]c2)c1. The number of nitrogens with zero attached hydrogens (tertiary/aromatic N) is 1. The van der Waals surface area contributed by atoms with Crippen LogP contribution in [0.1, 0.15) is 10.4 Å². The number of anilines is 1. The maximum absolute atomic E-state index is 11.8. The van der Waals surface area contributed by atoms with Crippen LogP contribution in [0, 0.1) is 0 Å². The Morgan fingerprint density at radius 1 is 1.53 bits per heavy atom. The van der Waals surface area contributed by atoms with E-state index in [1.165, 1.54) is 12.4 Å². The number of carbonyl (C=O) groups is 1. The van der Waals surface area contributed by atoms with Gasteiger partial charge in [0.15, 0.2) is 0 Å². The summed E-state index contributed by atoms with van der Waals surface area (Å²) in [5.41, 5.74) is 1.12. The number of rotatable bonds is 3. The lowest BCUT2D eigenvalue weighted by Gasteiger charge is -2.08. The third-order valence-electron chi connectivity index (χ3n) is 2.18. The third-order valence-corrected chi connectivity index (χ3v) is 2.87. The second-order valence-electron chi connectivity index (χ2n) is 3.29. The van der Waals surface area contributed by atoms with E-state index in [1.807, 2.05) is 6.07 Å². The van der Waals surface area contributed by atoms with E-state index in [4.69, 9.17) is 4.74 Å². The molecule has 0 aliphatic carbocycles. The Kier molecular flexibility index (Phi) is 3.43. The number of halogens is 1. The molecular formula is C11H10BrN3O2. The van der Waals surface area contributed by atoms with Gasteiger partial charge in [-0.15, -0.1) is 0 Å². The van der Waals surface area contributed by atoms with Crippen molar-refractivity contribution in [3.05, 3.63) is 40.6 Å². The van der Waals surface area contributed by atoms with E-state index >= 15 is 0 Å². The number of aromatic nitrogens is 2. The number of hydrogen-bond donors (Lipinski definition) is 2. The lowest BCUT2D eigenvalue weighted by molar-refractivity contribution is 0.102. The van der Waals surface area contributed by atoms with Crippen LogP contribution in [0.25, 0.3) is 0 Å². The van der Waals surface area contributed by atoms with Crippen LogP contribution in [-0.4, -0.2) is 23.2 Å². The van der Waals surface area contributed by atoms with Crippen molar-refractivity contribution in [2.75, 3.05) is 12.4 Å². The second-order valence-corrected chi connectivity index (χ2v) is 4.14. The number of aromatic amines is 1. The average Bonchev–Trinajstić information content (AvgIpc) is 2.85. The Bertz CT molecular complexity index is 526. The molecule has 2 aromatic rings. The second kappa shape index (κ2) is 5.01. The van der Waals surface area contributed by atoms with Crippen molar-refractivity contribution >= 4 is 27.5 Å². The van der Waals surface area contributed by atoms with Crippen molar-refractivity contribution in [1.29, 1.82) is 0 Å². The molecule has 0 spiro atoms. The Balaban J connectivity index is 2.21. The highest BCUT2D eigenvalue weighted by Gasteiger charge is 2.09. The Morgan fingerprint density at radius 2 is 2.35 bits per heavy atom. The topological polar surface area (TPSA) is 67.0 Å². The maximum atomic E-state index is 11.8. The van der Waals surface area contributed by atoms with Crippen LogP contribution in [0.3, 0.4) is 0 Å². The zero-order chi connectivity index (χ0) is 12.3. The molecule has 1 aromatic carbocycles. The monoisotopic (exact) mass is 295 g/mol. The number of ether oxygens (including phenoxy) is 1. The lowest BCUT2D eigenvalue weighted by atomic mass is 10.2. The molecule has 0 aliphatic rings. The number of nitrogens with one attached hydrogen (secondary N) is 2. The van der Waals surface area contributed by atoms with Gasteiger partial charge >= 0.3 is 0 Å². The standard InChI is InChI=1S/C11H10BrN3O2/c1-17-8-2-3-9(12)10(4-8)15-11(16)7-5-13-14-6-7/h2-6H,1H3,(H,13,14)(H,15,16). The highest BCUT2D eigenvalue weighted by Crippen LogP contribution is 2.27. The van der Waals surface area contributed by atoms with E-state index in [0.717, 1.165) is 4.47 Å². The van der Waals surface area contributed by atoms with Crippen LogP contribution in [0.4, 0.5) is 5.69 Å². The van der Waals surface area contributed by atoms with E-state index in [-0.39, 0.29) is 5.91 Å². The summed E-state index contributed by atoms with van der Waals surface area (Å²) in [4.78, 5) is 11.8. The van der Waals surface area contributed by atoms with Gasteiger partial charge in [-0.3, -0.25) is 9.89 Å². The summed E-state index contributed by atoms with van der Waals surface area (Å²) in [6.07, 6.45) is 2.99. The van der Waals surface area contributed by atoms with E-state index in [9.17, 15) is 4.79 Å². The quantitative estimate of drug-likeness (QED) is 0.914. The third kappa shape index (κ3) is 2.65. The average molecular weight is 296 g/mol. The van der Waals surface area contributed by atoms with Gasteiger partial charge in [0.1, 0.15) is 5.75 Å². The number of hydrogen-bond acceptors (Lipinski definition) is 3. The molecule has 1 aromatic heterocycles. The summed E-state index contributed by atoms with van der Waals surface area (Å²) in [5.74, 6) is 0.448. The van der Waals surface area contributed by atoms with Crippen molar-refractivity contribution in [2.45, 2.75) is 0 Å². The maximum Gasteiger partial charge on any atom is 0.258 e. The van der Waals surface area contributed by atoms with Crippen LogP contribution >= 0.6 is 15.9 Å². The predicted octanol–water partition coefficient (Wildman–Crippen LogP) is 2.43. The molecule has 17 heavy (non-hydrogen) atoms. The largest absolute Gasteiger partial charge is 0.497 e. The molecule has 1 heterocycles. The summed E-state index contributed by atoms with van der Waals surface area (Å²) in [6, 6.07) is 5.35. The lowest BCUT2D eigenvalue weighted by Crippen LogP contribution is -2.11. The minimum atomic E-state index is -0.229. The minimum Gasteiger partial charge on any atom is -0.497 e. The molecular weight excluding hydrogens is 286 g/mol. The summed E-state index contributed by atoms with van der Waals surface area (Å²) in [5, 5.41) is 9.07. The number of carbonyl (C=O) groups excluding carboxylic acids is 1. The first-order valence-electron chi connectivity index (χ1n) is 4.84. The molecule has 0 saturated heterocycles. The zero-order valence-electron chi connectivity index (χ0n) is 9.03. The van der Waals surface area contributed by atoms with Gasteiger partial charge < -0.3 is 10.1 Å². The number of amides is 1. The summed E-state index contributed by atoms with van der Waals surface area (Å²) < 4.78 is 5.88. The molecule has 0 bridgehead atoms. The first-order valence-corrected chi connectivity index (χ1v) is 5.63. The smallest absolute Gasteiger partial charge is 0.258 e. The molecule has 1 amide bonds. The van der Waals surface area contributed by atoms with Gasteiger partial charge in [0.2, 0.25) is 0 Å². The van der Waals surface area contributed by atoms with Gasteiger partial charge in [0.25, 0.3) is 5.91 Å². The molecule has 0 radical (unpaired) electrons.